The van der Waals surface area contributed by atoms with Crippen molar-refractivity contribution in [2.75, 3.05) is 12.3 Å². The van der Waals surface area contributed by atoms with Crippen LogP contribution in [0.2, 0.25) is 0 Å². The molecule has 150 valence electrons. The molecule has 0 saturated heterocycles. The molecule has 1 aromatic carbocycles. The fourth-order valence-corrected chi connectivity index (χ4v) is 3.20. The lowest BCUT2D eigenvalue weighted by Gasteiger charge is -2.14. The van der Waals surface area contributed by atoms with E-state index in [1.807, 2.05) is 0 Å². The van der Waals surface area contributed by atoms with Gasteiger partial charge in [-0.3, -0.25) is 9.89 Å². The summed E-state index contributed by atoms with van der Waals surface area (Å²) in [6.45, 7) is 1.47. The van der Waals surface area contributed by atoms with Crippen molar-refractivity contribution < 1.29 is 17.9 Å². The highest BCUT2D eigenvalue weighted by molar-refractivity contribution is 6.06. The Kier molecular flexibility index (Phi) is 4.61. The number of aromatic amines is 2. The molecule has 0 bridgehead atoms. The Balaban J connectivity index is 1.97. The molecule has 4 aromatic rings. The zero-order chi connectivity index (χ0) is 20.7. The molecule has 4 N–H and O–H groups in total. The molecule has 0 radical (unpaired) electrons. The van der Waals surface area contributed by atoms with Gasteiger partial charge in [0.1, 0.15) is 22.5 Å². The fraction of sp³-hybridized carbons (Fsp3) is 0.211. The summed E-state index contributed by atoms with van der Waals surface area (Å²) < 4.78 is 44.3. The molecule has 10 heteroatoms. The van der Waals surface area contributed by atoms with Crippen molar-refractivity contribution in [3.63, 3.8) is 0 Å². The number of nitrogens with zero attached hydrogens (tertiary/aromatic N) is 2. The van der Waals surface area contributed by atoms with Crippen LogP contribution in [-0.2, 0) is 0 Å². The first-order valence-electron chi connectivity index (χ1n) is 8.72. The van der Waals surface area contributed by atoms with Crippen LogP contribution in [0.3, 0.4) is 0 Å². The number of H-pyrrole nitrogens is 2. The number of nitrogens with two attached hydrogens (primary N) is 1. The lowest BCUT2D eigenvalue weighted by molar-refractivity contribution is 0.113. The molecular formula is C19H16F3N5O2. The third kappa shape index (κ3) is 3.26. The van der Waals surface area contributed by atoms with Crippen molar-refractivity contribution in [1.29, 1.82) is 0 Å². The van der Waals surface area contributed by atoms with Gasteiger partial charge >= 0.3 is 0 Å². The molecule has 7 nitrogen and oxygen atoms in total. The van der Waals surface area contributed by atoms with E-state index >= 15 is 0 Å². The van der Waals surface area contributed by atoms with Gasteiger partial charge in [0.05, 0.1) is 18.3 Å². The summed E-state index contributed by atoms with van der Waals surface area (Å²) >= 11 is 0. The minimum absolute atomic E-state index is 0.110. The van der Waals surface area contributed by atoms with E-state index in [-0.39, 0.29) is 29.3 Å². The van der Waals surface area contributed by atoms with Crippen molar-refractivity contribution in [2.45, 2.75) is 19.8 Å². The SMILES string of the molecule is Cc1cc2[nH]c(=O)c(N)c(-c3ccc(F)c4[nH]ncc34)c2nc1OCCC(F)F. The number of ether oxygens (including phenoxy) is 1. The third-order valence-electron chi connectivity index (χ3n) is 4.57. The average Bonchev–Trinajstić information content (AvgIpc) is 3.16. The Morgan fingerprint density at radius 1 is 1.31 bits per heavy atom. The Labute approximate surface area is 161 Å². The fourth-order valence-electron chi connectivity index (χ4n) is 3.20. The largest absolute Gasteiger partial charge is 0.477 e. The van der Waals surface area contributed by atoms with E-state index < -0.39 is 24.2 Å². The highest BCUT2D eigenvalue weighted by atomic mass is 19.3. The number of hydrogen-bond acceptors (Lipinski definition) is 5. The Hall–Kier alpha value is -3.56. The molecule has 29 heavy (non-hydrogen) atoms. The van der Waals surface area contributed by atoms with Crippen molar-refractivity contribution in [3.8, 4) is 17.0 Å². The van der Waals surface area contributed by atoms with Gasteiger partial charge in [-0.05, 0) is 24.6 Å². The normalized spacial score (nSPS) is 11.6. The van der Waals surface area contributed by atoms with Gasteiger partial charge in [-0.25, -0.2) is 18.2 Å². The number of nitrogen functional groups attached to an aromatic ring is 1. The maximum atomic E-state index is 14.1. The van der Waals surface area contributed by atoms with Crippen LogP contribution in [0.25, 0.3) is 33.1 Å². The van der Waals surface area contributed by atoms with Crippen LogP contribution in [0.4, 0.5) is 18.9 Å². The summed E-state index contributed by atoms with van der Waals surface area (Å²) in [5, 5.41) is 6.85. The molecule has 0 aliphatic heterocycles. The van der Waals surface area contributed by atoms with Gasteiger partial charge in [0.25, 0.3) is 5.56 Å². The number of pyridine rings is 2. The number of aryl methyl sites for hydroxylation is 1. The number of fused-ring (bicyclic) bond motifs is 2. The number of benzene rings is 1. The monoisotopic (exact) mass is 403 g/mol. The molecule has 0 spiro atoms. The number of aromatic nitrogens is 4. The van der Waals surface area contributed by atoms with Gasteiger partial charge < -0.3 is 15.5 Å². The minimum atomic E-state index is -2.49. The molecule has 0 aliphatic carbocycles. The summed E-state index contributed by atoms with van der Waals surface area (Å²) in [5.41, 5.74) is 7.58. The highest BCUT2D eigenvalue weighted by Crippen LogP contribution is 2.36. The Morgan fingerprint density at radius 3 is 2.86 bits per heavy atom. The topological polar surface area (TPSA) is 110 Å². The summed E-state index contributed by atoms with van der Waals surface area (Å²) in [7, 11) is 0. The van der Waals surface area contributed by atoms with Crippen molar-refractivity contribution in [2.24, 2.45) is 0 Å². The van der Waals surface area contributed by atoms with E-state index in [9.17, 15) is 18.0 Å². The lowest BCUT2D eigenvalue weighted by atomic mass is 9.99. The van der Waals surface area contributed by atoms with Gasteiger partial charge in [-0.1, -0.05) is 6.07 Å². The van der Waals surface area contributed by atoms with Crippen LogP contribution in [0, 0.1) is 12.7 Å². The van der Waals surface area contributed by atoms with Gasteiger partial charge in [0.15, 0.2) is 0 Å². The first kappa shape index (κ1) is 18.8. The second kappa shape index (κ2) is 7.12. The number of halogens is 3. The van der Waals surface area contributed by atoms with E-state index in [0.29, 0.717) is 27.5 Å². The van der Waals surface area contributed by atoms with Crippen molar-refractivity contribution in [1.82, 2.24) is 20.2 Å². The van der Waals surface area contributed by atoms with Gasteiger partial charge in [0, 0.05) is 22.9 Å². The maximum Gasteiger partial charge on any atom is 0.272 e. The van der Waals surface area contributed by atoms with E-state index in [0.717, 1.165) is 0 Å². The summed E-state index contributed by atoms with van der Waals surface area (Å²) in [5.74, 6) is -0.356. The van der Waals surface area contributed by atoms with Crippen LogP contribution in [-0.4, -0.2) is 33.2 Å². The van der Waals surface area contributed by atoms with E-state index in [1.165, 1.54) is 18.3 Å². The standard InChI is InChI=1S/C19H16F3N5O2/c1-8-6-12-17(26-19(8)29-5-4-13(21)22)14(15(23)18(28)25-12)9-2-3-11(20)16-10(9)7-24-27-16/h2-3,6-7,13H,4-5,23H2,1H3,(H,24,27)(H,25,28). The number of hydrogen-bond donors (Lipinski definition) is 3. The maximum absolute atomic E-state index is 14.1. The number of rotatable bonds is 5. The minimum Gasteiger partial charge on any atom is -0.477 e. The average molecular weight is 403 g/mol. The van der Waals surface area contributed by atoms with Crippen molar-refractivity contribution in [3.05, 3.63) is 46.1 Å². The number of anilines is 1. The second-order valence-electron chi connectivity index (χ2n) is 6.53. The Morgan fingerprint density at radius 2 is 2.10 bits per heavy atom. The Bertz CT molecular complexity index is 1280. The van der Waals surface area contributed by atoms with Crippen LogP contribution in [0.5, 0.6) is 5.88 Å². The second-order valence-corrected chi connectivity index (χ2v) is 6.53. The molecule has 4 rings (SSSR count). The van der Waals surface area contributed by atoms with Crippen LogP contribution in [0.15, 0.2) is 29.2 Å². The van der Waals surface area contributed by atoms with Gasteiger partial charge in [-0.15, -0.1) is 0 Å². The van der Waals surface area contributed by atoms with E-state index in [4.69, 9.17) is 10.5 Å². The molecule has 0 atom stereocenters. The van der Waals surface area contributed by atoms with Crippen molar-refractivity contribution >= 4 is 27.6 Å². The molecule has 0 fully saturated rings. The zero-order valence-electron chi connectivity index (χ0n) is 15.2. The lowest BCUT2D eigenvalue weighted by Crippen LogP contribution is -2.15. The van der Waals surface area contributed by atoms with E-state index in [2.05, 4.69) is 20.2 Å². The smallest absolute Gasteiger partial charge is 0.272 e. The van der Waals surface area contributed by atoms with Gasteiger partial charge in [0.2, 0.25) is 12.3 Å². The highest BCUT2D eigenvalue weighted by Gasteiger charge is 2.19. The van der Waals surface area contributed by atoms with Gasteiger partial charge in [-0.2, -0.15) is 5.10 Å². The quantitative estimate of drug-likeness (QED) is 0.472. The predicted molar refractivity (Wildman–Crippen MR) is 103 cm³/mol. The molecule has 0 aliphatic rings. The first-order chi connectivity index (χ1) is 13.9. The summed E-state index contributed by atoms with van der Waals surface area (Å²) in [4.78, 5) is 19.5. The van der Waals surface area contributed by atoms with Crippen LogP contribution < -0.4 is 16.0 Å². The van der Waals surface area contributed by atoms with E-state index in [1.54, 1.807) is 13.0 Å². The van der Waals surface area contributed by atoms with Crippen LogP contribution >= 0.6 is 0 Å². The number of alkyl halides is 2. The molecule has 0 saturated carbocycles. The summed E-state index contributed by atoms with van der Waals surface area (Å²) in [6, 6.07) is 4.34. The molecule has 0 unspecified atom stereocenters. The first-order valence-corrected chi connectivity index (χ1v) is 8.72. The number of nitrogens with one attached hydrogen (secondary N) is 2. The molecule has 3 aromatic heterocycles. The summed E-state index contributed by atoms with van der Waals surface area (Å²) in [6.07, 6.45) is -1.51. The zero-order valence-corrected chi connectivity index (χ0v) is 15.2. The molecule has 3 heterocycles. The van der Waals surface area contributed by atoms with Crippen LogP contribution in [0.1, 0.15) is 12.0 Å². The molecule has 0 amide bonds. The third-order valence-corrected chi connectivity index (χ3v) is 4.57. The molecular weight excluding hydrogens is 387 g/mol. The predicted octanol–water partition coefficient (Wildman–Crippen LogP) is 3.53.